The Morgan fingerprint density at radius 1 is 1.30 bits per heavy atom. The normalized spacial score (nSPS) is 16.8. The van der Waals surface area contributed by atoms with Crippen molar-refractivity contribution in [1.29, 1.82) is 5.26 Å². The van der Waals surface area contributed by atoms with Crippen molar-refractivity contribution in [3.8, 4) is 6.07 Å². The van der Waals surface area contributed by atoms with Gasteiger partial charge in [0.25, 0.3) is 5.91 Å². The summed E-state index contributed by atoms with van der Waals surface area (Å²) >= 11 is 0. The van der Waals surface area contributed by atoms with Crippen molar-refractivity contribution in [1.82, 2.24) is 15.1 Å². The Bertz CT molecular complexity index is 525. The lowest BCUT2D eigenvalue weighted by Crippen LogP contribution is -2.54. The van der Waals surface area contributed by atoms with Gasteiger partial charge in [-0.1, -0.05) is 0 Å². The molecule has 2 rings (SSSR count). The number of primary amides is 1. The lowest BCUT2D eigenvalue weighted by Gasteiger charge is -2.40. The largest absolute Gasteiger partial charge is 0.364 e. The molecule has 2 N–H and O–H groups in total. The molecule has 0 atom stereocenters. The number of anilines is 1. The van der Waals surface area contributed by atoms with Crippen LogP contribution in [0.15, 0.2) is 12.1 Å². The van der Waals surface area contributed by atoms with Crippen LogP contribution in [0.1, 0.15) is 24.3 Å². The maximum Gasteiger partial charge on any atom is 0.269 e. The van der Waals surface area contributed by atoms with Crippen LogP contribution in [0.4, 0.5) is 5.82 Å². The van der Waals surface area contributed by atoms with Gasteiger partial charge in [-0.3, -0.25) is 9.69 Å². The van der Waals surface area contributed by atoms with Gasteiger partial charge in [-0.25, -0.2) is 0 Å². The molecule has 1 aliphatic heterocycles. The molecule has 7 nitrogen and oxygen atoms in total. The summed E-state index contributed by atoms with van der Waals surface area (Å²) in [5.41, 5.74) is 4.85. The van der Waals surface area contributed by atoms with Crippen molar-refractivity contribution in [2.24, 2.45) is 5.73 Å². The van der Waals surface area contributed by atoms with Gasteiger partial charge in [-0.05, 0) is 26.0 Å². The fraction of sp³-hybridized carbons (Fsp3) is 0.538. The number of nitrogens with zero attached hydrogens (tertiary/aromatic N) is 5. The van der Waals surface area contributed by atoms with Gasteiger partial charge >= 0.3 is 0 Å². The van der Waals surface area contributed by atoms with Gasteiger partial charge in [-0.2, -0.15) is 5.26 Å². The average molecular weight is 274 g/mol. The number of carbonyl (C=O) groups is 1. The minimum Gasteiger partial charge on any atom is -0.364 e. The van der Waals surface area contributed by atoms with Gasteiger partial charge in [0.05, 0.1) is 6.07 Å². The second-order valence-electron chi connectivity index (χ2n) is 5.29. The molecule has 1 fully saturated rings. The smallest absolute Gasteiger partial charge is 0.269 e. The third-order valence-corrected chi connectivity index (χ3v) is 3.57. The predicted molar refractivity (Wildman–Crippen MR) is 74.0 cm³/mol. The van der Waals surface area contributed by atoms with Gasteiger partial charge in [0, 0.05) is 26.2 Å². The summed E-state index contributed by atoms with van der Waals surface area (Å²) < 4.78 is 0. The number of nitrogens with two attached hydrogens (primary N) is 1. The van der Waals surface area contributed by atoms with E-state index in [9.17, 15) is 4.79 Å². The molecule has 7 heteroatoms. The molecule has 1 amide bonds. The maximum atomic E-state index is 10.9. The molecular weight excluding hydrogens is 256 g/mol. The van der Waals surface area contributed by atoms with Crippen LogP contribution in [0, 0.1) is 11.3 Å². The highest BCUT2D eigenvalue weighted by Gasteiger charge is 2.30. The van der Waals surface area contributed by atoms with Crippen molar-refractivity contribution in [3.63, 3.8) is 0 Å². The molecule has 1 aliphatic rings. The Labute approximate surface area is 118 Å². The first-order chi connectivity index (χ1) is 9.44. The van der Waals surface area contributed by atoms with Crippen molar-refractivity contribution < 1.29 is 4.79 Å². The van der Waals surface area contributed by atoms with Crippen LogP contribution >= 0.6 is 0 Å². The first kappa shape index (κ1) is 14.2. The summed E-state index contributed by atoms with van der Waals surface area (Å²) in [7, 11) is 0. The highest BCUT2D eigenvalue weighted by molar-refractivity contribution is 5.90. The standard InChI is InChI=1S/C13H18N6O/c1-13(2,9-14)19-7-5-18(6-8-19)11-4-3-10(12(15)20)16-17-11/h3-4H,5-8H2,1-2H3,(H2,15,20). The zero-order valence-electron chi connectivity index (χ0n) is 11.7. The lowest BCUT2D eigenvalue weighted by molar-refractivity contribution is 0.0994. The average Bonchev–Trinajstić information content (AvgIpc) is 2.47. The Morgan fingerprint density at radius 3 is 2.40 bits per heavy atom. The number of amides is 1. The minimum atomic E-state index is -0.579. The second kappa shape index (κ2) is 5.43. The quantitative estimate of drug-likeness (QED) is 0.833. The highest BCUT2D eigenvalue weighted by Crippen LogP contribution is 2.18. The fourth-order valence-electron chi connectivity index (χ4n) is 2.19. The predicted octanol–water partition coefficient (Wildman–Crippen LogP) is -0.000320. The zero-order valence-corrected chi connectivity index (χ0v) is 11.7. The molecule has 106 valence electrons. The van der Waals surface area contributed by atoms with Gasteiger partial charge in [0.2, 0.25) is 0 Å². The lowest BCUT2D eigenvalue weighted by atomic mass is 10.0. The first-order valence-corrected chi connectivity index (χ1v) is 6.49. The fourth-order valence-corrected chi connectivity index (χ4v) is 2.19. The molecule has 0 aromatic carbocycles. The number of piperazine rings is 1. The monoisotopic (exact) mass is 274 g/mol. The van der Waals surface area contributed by atoms with Crippen LogP contribution in [0.2, 0.25) is 0 Å². The zero-order chi connectivity index (χ0) is 14.8. The molecule has 1 aromatic rings. The van der Waals surface area contributed by atoms with E-state index < -0.39 is 11.4 Å². The Hall–Kier alpha value is -2.20. The Kier molecular flexibility index (Phi) is 3.86. The summed E-state index contributed by atoms with van der Waals surface area (Å²) in [4.78, 5) is 15.2. The highest BCUT2D eigenvalue weighted by atomic mass is 16.1. The summed E-state index contributed by atoms with van der Waals surface area (Å²) in [6, 6.07) is 5.64. The Balaban J connectivity index is 2.01. The molecular formula is C13H18N6O. The maximum absolute atomic E-state index is 10.9. The van der Waals surface area contributed by atoms with E-state index in [2.05, 4.69) is 26.1 Å². The molecule has 0 unspecified atom stereocenters. The van der Waals surface area contributed by atoms with Gasteiger partial charge in [0.1, 0.15) is 5.54 Å². The van der Waals surface area contributed by atoms with Crippen LogP contribution in [-0.4, -0.2) is 52.7 Å². The Morgan fingerprint density at radius 2 is 1.95 bits per heavy atom. The topological polar surface area (TPSA) is 99.1 Å². The SMILES string of the molecule is CC(C)(C#N)N1CCN(c2ccc(C(N)=O)nn2)CC1. The van der Waals surface area contributed by atoms with Crippen molar-refractivity contribution in [2.45, 2.75) is 19.4 Å². The van der Waals surface area contributed by atoms with E-state index in [4.69, 9.17) is 11.0 Å². The summed E-state index contributed by atoms with van der Waals surface area (Å²) in [6.45, 7) is 6.97. The third-order valence-electron chi connectivity index (χ3n) is 3.57. The van der Waals surface area contributed by atoms with Crippen LogP contribution < -0.4 is 10.6 Å². The number of carbonyl (C=O) groups excluding carboxylic acids is 1. The number of nitriles is 1. The molecule has 0 saturated carbocycles. The van der Waals surface area contributed by atoms with Gasteiger partial charge in [-0.15, -0.1) is 10.2 Å². The first-order valence-electron chi connectivity index (χ1n) is 6.49. The van der Waals surface area contributed by atoms with Crippen LogP contribution in [-0.2, 0) is 0 Å². The van der Waals surface area contributed by atoms with Crippen molar-refractivity contribution in [3.05, 3.63) is 17.8 Å². The van der Waals surface area contributed by atoms with E-state index in [0.717, 1.165) is 32.0 Å². The van der Waals surface area contributed by atoms with E-state index in [1.807, 2.05) is 13.8 Å². The molecule has 20 heavy (non-hydrogen) atoms. The van der Waals surface area contributed by atoms with Crippen LogP contribution in [0.3, 0.4) is 0 Å². The molecule has 0 radical (unpaired) electrons. The number of hydrogen-bond donors (Lipinski definition) is 1. The molecule has 0 spiro atoms. The van der Waals surface area contributed by atoms with Crippen molar-refractivity contribution >= 4 is 11.7 Å². The van der Waals surface area contributed by atoms with E-state index >= 15 is 0 Å². The molecule has 1 aromatic heterocycles. The molecule has 0 bridgehead atoms. The van der Waals surface area contributed by atoms with E-state index in [0.29, 0.717) is 0 Å². The van der Waals surface area contributed by atoms with Gasteiger partial charge in [0.15, 0.2) is 11.5 Å². The van der Waals surface area contributed by atoms with Crippen LogP contribution in [0.25, 0.3) is 0 Å². The third kappa shape index (κ3) is 2.86. The summed E-state index contributed by atoms with van der Waals surface area (Å²) in [6.07, 6.45) is 0. The van der Waals surface area contributed by atoms with Crippen LogP contribution in [0.5, 0.6) is 0 Å². The minimum absolute atomic E-state index is 0.165. The van der Waals surface area contributed by atoms with E-state index in [-0.39, 0.29) is 5.69 Å². The number of hydrogen-bond acceptors (Lipinski definition) is 6. The number of rotatable bonds is 3. The second-order valence-corrected chi connectivity index (χ2v) is 5.29. The van der Waals surface area contributed by atoms with E-state index in [1.165, 1.54) is 0 Å². The van der Waals surface area contributed by atoms with Crippen molar-refractivity contribution in [2.75, 3.05) is 31.1 Å². The summed E-state index contributed by atoms with van der Waals surface area (Å²) in [5, 5.41) is 17.0. The molecule has 1 saturated heterocycles. The molecule has 0 aliphatic carbocycles. The van der Waals surface area contributed by atoms with E-state index in [1.54, 1.807) is 12.1 Å². The number of aromatic nitrogens is 2. The summed E-state index contributed by atoms with van der Waals surface area (Å²) in [5.74, 6) is 0.147. The molecule has 2 heterocycles. The van der Waals surface area contributed by atoms with Gasteiger partial charge < -0.3 is 10.6 Å².